The van der Waals surface area contributed by atoms with Crippen LogP contribution >= 0.6 is 0 Å². The van der Waals surface area contributed by atoms with E-state index in [2.05, 4.69) is 22.4 Å². The zero-order chi connectivity index (χ0) is 22.6. The average Bonchev–Trinajstić information content (AvgIpc) is 3.24. The first-order chi connectivity index (χ1) is 14.7. The lowest BCUT2D eigenvalue weighted by atomic mass is 10.0. The number of aliphatic hydroxyl groups excluding tert-OH is 1. The fourth-order valence-electron chi connectivity index (χ4n) is 3.63. The molecule has 0 spiro atoms. The molecule has 1 unspecified atom stereocenters. The summed E-state index contributed by atoms with van der Waals surface area (Å²) in [5, 5.41) is 22.3. The topological polar surface area (TPSA) is 130 Å². The summed E-state index contributed by atoms with van der Waals surface area (Å²) in [5.41, 5.74) is -0.612. The number of aromatic nitrogens is 2. The predicted octanol–water partition coefficient (Wildman–Crippen LogP) is 2.17. The Bertz CT molecular complexity index is 763. The molecule has 2 aliphatic heterocycles. The molecule has 2 fully saturated rings. The molecular weight excluding hydrogens is 406 g/mol. The zero-order valence-corrected chi connectivity index (χ0v) is 18.7. The Morgan fingerprint density at radius 3 is 2.84 bits per heavy atom. The molecule has 1 aromatic heterocycles. The first-order valence-electron chi connectivity index (χ1n) is 10.9. The number of alkyl carbamates (subject to hydrolysis) is 1. The van der Waals surface area contributed by atoms with E-state index in [0.717, 1.165) is 19.3 Å². The number of hydroxylamine groups is 2. The van der Waals surface area contributed by atoms with Gasteiger partial charge in [-0.15, -0.1) is 10.2 Å². The molecule has 2 saturated heterocycles. The molecule has 3 atom stereocenters. The van der Waals surface area contributed by atoms with Crippen LogP contribution in [0.5, 0.6) is 0 Å². The maximum Gasteiger partial charge on any atom is 0.407 e. The number of piperidine rings is 1. The minimum atomic E-state index is -0.910. The molecule has 11 nitrogen and oxygen atoms in total. The number of nitrogens with zero attached hydrogens (tertiary/aromatic N) is 4. The van der Waals surface area contributed by atoms with Crippen molar-refractivity contribution < 1.29 is 28.7 Å². The van der Waals surface area contributed by atoms with Crippen molar-refractivity contribution in [3.63, 3.8) is 0 Å². The fraction of sp³-hybridized carbons (Fsp3) is 0.800. The van der Waals surface area contributed by atoms with Gasteiger partial charge >= 0.3 is 12.1 Å². The summed E-state index contributed by atoms with van der Waals surface area (Å²) < 4.78 is 10.9. The van der Waals surface area contributed by atoms with Crippen molar-refractivity contribution in [1.29, 1.82) is 0 Å². The van der Waals surface area contributed by atoms with E-state index in [1.54, 1.807) is 25.7 Å². The largest absolute Gasteiger partial charge is 0.444 e. The third-order valence-electron chi connectivity index (χ3n) is 5.11. The Morgan fingerprint density at radius 2 is 2.13 bits per heavy atom. The van der Waals surface area contributed by atoms with Crippen molar-refractivity contribution in [2.24, 2.45) is 0 Å². The van der Waals surface area contributed by atoms with Crippen LogP contribution in [0, 0.1) is 0 Å². The Hall–Kier alpha value is -2.40. The number of amides is 3. The van der Waals surface area contributed by atoms with Crippen LogP contribution in [0.1, 0.15) is 71.2 Å². The lowest BCUT2D eigenvalue weighted by Crippen LogP contribution is -2.37. The molecule has 0 aliphatic carbocycles. The van der Waals surface area contributed by atoms with E-state index in [1.807, 2.05) is 0 Å². The van der Waals surface area contributed by atoms with E-state index < -0.39 is 17.8 Å². The molecule has 2 aliphatic rings. The first-order valence-corrected chi connectivity index (χ1v) is 10.9. The number of hydrogen-bond donors (Lipinski definition) is 2. The van der Waals surface area contributed by atoms with Gasteiger partial charge in [-0.25, -0.2) is 9.59 Å². The normalized spacial score (nSPS) is 22.0. The second-order valence-corrected chi connectivity index (χ2v) is 8.97. The van der Waals surface area contributed by atoms with Crippen molar-refractivity contribution in [3.05, 3.63) is 11.8 Å². The van der Waals surface area contributed by atoms with Crippen molar-refractivity contribution in [1.82, 2.24) is 25.5 Å². The van der Waals surface area contributed by atoms with Crippen molar-refractivity contribution >= 4 is 12.1 Å². The molecule has 2 N–H and O–H groups in total. The molecule has 0 saturated carbocycles. The van der Waals surface area contributed by atoms with E-state index >= 15 is 0 Å². The van der Waals surface area contributed by atoms with Crippen LogP contribution in [-0.4, -0.2) is 74.8 Å². The first kappa shape index (κ1) is 23.3. The minimum Gasteiger partial charge on any atom is -0.444 e. The number of carbonyl (C=O) groups is 2. The Labute approximate surface area is 182 Å². The summed E-state index contributed by atoms with van der Waals surface area (Å²) in [6.45, 7) is 8.44. The number of hydrogen-bond acceptors (Lipinski definition) is 8. The third-order valence-corrected chi connectivity index (χ3v) is 5.11. The lowest BCUT2D eigenvalue weighted by molar-refractivity contribution is -0.130. The summed E-state index contributed by atoms with van der Waals surface area (Å²) in [5.74, 6) is 0.600. The van der Waals surface area contributed by atoms with Crippen LogP contribution in [-0.2, 0) is 16.0 Å². The van der Waals surface area contributed by atoms with Crippen LogP contribution in [0.2, 0.25) is 0 Å². The molecule has 31 heavy (non-hydrogen) atoms. The Morgan fingerprint density at radius 1 is 1.35 bits per heavy atom. The zero-order valence-electron chi connectivity index (χ0n) is 18.7. The van der Waals surface area contributed by atoms with Crippen LogP contribution in [0.15, 0.2) is 4.42 Å². The maximum absolute atomic E-state index is 12.7. The third kappa shape index (κ3) is 6.07. The monoisotopic (exact) mass is 439 g/mol. The SMILES string of the molecule is CCCCON1C(=O)N2C[C@@H]1CC[C@H]2c1nnc(CC(O)CNC(=O)OC(C)(C)C)o1. The predicted molar refractivity (Wildman–Crippen MR) is 109 cm³/mol. The Kier molecular flexibility index (Phi) is 7.37. The molecule has 2 bridgehead atoms. The molecule has 1 aromatic rings. The molecule has 11 heteroatoms. The molecule has 0 aromatic carbocycles. The van der Waals surface area contributed by atoms with Crippen molar-refractivity contribution in [3.8, 4) is 0 Å². The van der Waals surface area contributed by atoms with Gasteiger partial charge in [0.1, 0.15) is 11.6 Å². The summed E-state index contributed by atoms with van der Waals surface area (Å²) in [4.78, 5) is 31.8. The molecular formula is C20H33N5O6. The summed E-state index contributed by atoms with van der Waals surface area (Å²) in [6, 6.07) is -0.435. The smallest absolute Gasteiger partial charge is 0.407 e. The quantitative estimate of drug-likeness (QED) is 0.560. The average molecular weight is 440 g/mol. The summed E-state index contributed by atoms with van der Waals surface area (Å²) in [6.07, 6.45) is 1.97. The van der Waals surface area contributed by atoms with Gasteiger partial charge in [-0.3, -0.25) is 4.84 Å². The molecule has 3 heterocycles. The number of rotatable bonds is 9. The summed E-state index contributed by atoms with van der Waals surface area (Å²) >= 11 is 0. The highest BCUT2D eigenvalue weighted by Crippen LogP contribution is 2.38. The number of carbonyl (C=O) groups excluding carboxylic acids is 2. The second kappa shape index (κ2) is 9.82. The standard InChI is InChI=1S/C20H33N5O6/c1-5-6-9-29-25-13-7-8-15(24(12-13)19(25)28)17-23-22-16(30-17)10-14(26)11-21-18(27)31-20(2,3)4/h13-15,26H,5-12H2,1-4H3,(H,21,27)/t13-,14?,15-/m0/s1. The summed E-state index contributed by atoms with van der Waals surface area (Å²) in [7, 11) is 0. The Balaban J connectivity index is 1.51. The maximum atomic E-state index is 12.7. The van der Waals surface area contributed by atoms with Crippen LogP contribution in [0.25, 0.3) is 0 Å². The van der Waals surface area contributed by atoms with Gasteiger partial charge in [0.2, 0.25) is 11.8 Å². The van der Waals surface area contributed by atoms with E-state index in [4.69, 9.17) is 14.0 Å². The van der Waals surface area contributed by atoms with E-state index in [1.165, 1.54) is 5.06 Å². The number of unbranched alkanes of at least 4 members (excludes halogenated alkanes) is 1. The van der Waals surface area contributed by atoms with Gasteiger partial charge < -0.3 is 24.5 Å². The number of aliphatic hydroxyl groups is 1. The number of fused-ring (bicyclic) bond motifs is 2. The van der Waals surface area contributed by atoms with Gasteiger partial charge in [-0.05, 0) is 40.0 Å². The van der Waals surface area contributed by atoms with Gasteiger partial charge in [0, 0.05) is 13.1 Å². The number of nitrogens with one attached hydrogen (secondary N) is 1. The number of ether oxygens (including phenoxy) is 1. The number of urea groups is 1. The molecule has 174 valence electrons. The highest BCUT2D eigenvalue weighted by molar-refractivity contribution is 5.77. The highest BCUT2D eigenvalue weighted by Gasteiger charge is 2.47. The van der Waals surface area contributed by atoms with Crippen molar-refractivity contribution in [2.75, 3.05) is 19.7 Å². The van der Waals surface area contributed by atoms with Crippen LogP contribution < -0.4 is 5.32 Å². The van der Waals surface area contributed by atoms with E-state index in [9.17, 15) is 14.7 Å². The molecule has 0 radical (unpaired) electrons. The highest BCUT2D eigenvalue weighted by atomic mass is 16.7. The van der Waals surface area contributed by atoms with E-state index in [0.29, 0.717) is 25.5 Å². The van der Waals surface area contributed by atoms with Gasteiger partial charge in [0.05, 0.1) is 25.2 Å². The fourth-order valence-corrected chi connectivity index (χ4v) is 3.63. The molecule has 3 amide bonds. The van der Waals surface area contributed by atoms with Gasteiger partial charge in [0.15, 0.2) is 0 Å². The van der Waals surface area contributed by atoms with Crippen LogP contribution in [0.4, 0.5) is 9.59 Å². The lowest BCUT2D eigenvalue weighted by Gasteiger charge is -2.27. The van der Waals surface area contributed by atoms with Crippen LogP contribution in [0.3, 0.4) is 0 Å². The molecule has 3 rings (SSSR count). The van der Waals surface area contributed by atoms with Gasteiger partial charge in [-0.1, -0.05) is 13.3 Å². The van der Waals surface area contributed by atoms with Gasteiger partial charge in [-0.2, -0.15) is 5.06 Å². The van der Waals surface area contributed by atoms with Gasteiger partial charge in [0.25, 0.3) is 0 Å². The van der Waals surface area contributed by atoms with E-state index in [-0.39, 0.29) is 37.0 Å². The minimum absolute atomic E-state index is 0.00753. The van der Waals surface area contributed by atoms with Crippen molar-refractivity contribution in [2.45, 2.75) is 83.6 Å². The second-order valence-electron chi connectivity index (χ2n) is 8.97.